The lowest BCUT2D eigenvalue weighted by atomic mass is 10.1. The molecule has 0 aliphatic carbocycles. The molecule has 0 unspecified atom stereocenters. The van der Waals surface area contributed by atoms with Crippen LogP contribution in [0.15, 0.2) is 18.2 Å². The zero-order valence-corrected chi connectivity index (χ0v) is 10.1. The summed E-state index contributed by atoms with van der Waals surface area (Å²) in [5.74, 6) is 0.228. The first kappa shape index (κ1) is 13.0. The minimum absolute atomic E-state index is 0.0244. The van der Waals surface area contributed by atoms with Crippen LogP contribution in [0.4, 0.5) is 13.2 Å². The summed E-state index contributed by atoms with van der Waals surface area (Å²) in [4.78, 5) is 7.85. The maximum absolute atomic E-state index is 12.8. The van der Waals surface area contributed by atoms with E-state index in [4.69, 9.17) is 11.6 Å². The van der Waals surface area contributed by atoms with E-state index in [1.54, 1.807) is 7.05 Å². The second kappa shape index (κ2) is 4.70. The maximum atomic E-state index is 12.8. The van der Waals surface area contributed by atoms with E-state index in [1.807, 2.05) is 0 Å². The molecule has 2 rings (SSSR count). The highest BCUT2D eigenvalue weighted by Gasteiger charge is 2.33. The molecule has 96 valence electrons. The van der Waals surface area contributed by atoms with E-state index < -0.39 is 11.7 Å². The van der Waals surface area contributed by atoms with E-state index in [1.165, 1.54) is 12.1 Å². The fourth-order valence-electron chi connectivity index (χ4n) is 1.62. The van der Waals surface area contributed by atoms with Gasteiger partial charge >= 0.3 is 6.18 Å². The number of nitrogens with zero attached hydrogens (tertiary/aromatic N) is 2. The van der Waals surface area contributed by atoms with Gasteiger partial charge in [0, 0.05) is 5.39 Å². The van der Waals surface area contributed by atoms with Crippen molar-refractivity contribution in [2.75, 3.05) is 7.05 Å². The first-order valence-electron chi connectivity index (χ1n) is 5.10. The van der Waals surface area contributed by atoms with Gasteiger partial charge in [-0.2, -0.15) is 13.2 Å². The number of nitrogens with one attached hydrogen (secondary N) is 1. The van der Waals surface area contributed by atoms with Gasteiger partial charge in [-0.3, -0.25) is 0 Å². The molecule has 0 atom stereocenters. The van der Waals surface area contributed by atoms with Gasteiger partial charge in [-0.25, -0.2) is 9.97 Å². The molecule has 0 saturated carbocycles. The third kappa shape index (κ3) is 2.39. The summed E-state index contributed by atoms with van der Waals surface area (Å²) >= 11 is 5.87. The molecule has 0 amide bonds. The zero-order chi connectivity index (χ0) is 13.3. The average molecular weight is 276 g/mol. The third-order valence-corrected chi connectivity index (χ3v) is 2.65. The summed E-state index contributed by atoms with van der Waals surface area (Å²) in [6, 6.07) is 3.74. The van der Waals surface area contributed by atoms with Crippen LogP contribution in [-0.4, -0.2) is 17.0 Å². The van der Waals surface area contributed by atoms with Crippen LogP contribution in [0.2, 0.25) is 5.15 Å². The second-order valence-corrected chi connectivity index (χ2v) is 4.02. The summed E-state index contributed by atoms with van der Waals surface area (Å²) in [5, 5.41) is 2.99. The molecule has 1 aromatic heterocycles. The van der Waals surface area contributed by atoms with E-state index in [0.717, 1.165) is 6.07 Å². The van der Waals surface area contributed by atoms with E-state index in [-0.39, 0.29) is 28.4 Å². The topological polar surface area (TPSA) is 37.8 Å². The number of para-hydroxylation sites is 1. The zero-order valence-electron chi connectivity index (χ0n) is 9.35. The predicted molar refractivity (Wildman–Crippen MR) is 62.3 cm³/mol. The fraction of sp³-hybridized carbons (Fsp3) is 0.273. The molecule has 0 spiro atoms. The predicted octanol–water partition coefficient (Wildman–Crippen LogP) is 3.02. The van der Waals surface area contributed by atoms with Crippen LogP contribution in [0.25, 0.3) is 10.9 Å². The highest BCUT2D eigenvalue weighted by molar-refractivity contribution is 6.34. The van der Waals surface area contributed by atoms with Crippen molar-refractivity contribution in [3.05, 3.63) is 34.7 Å². The van der Waals surface area contributed by atoms with E-state index in [2.05, 4.69) is 15.3 Å². The molecule has 0 saturated heterocycles. The van der Waals surface area contributed by atoms with Gasteiger partial charge in [0.25, 0.3) is 0 Å². The Balaban J connectivity index is 2.74. The Kier molecular flexibility index (Phi) is 3.41. The molecular formula is C11H9ClF3N3. The molecule has 1 aromatic carbocycles. The number of benzene rings is 1. The summed E-state index contributed by atoms with van der Waals surface area (Å²) in [5.41, 5.74) is -0.975. The van der Waals surface area contributed by atoms with E-state index >= 15 is 0 Å². The quantitative estimate of drug-likeness (QED) is 0.856. The monoisotopic (exact) mass is 275 g/mol. The Morgan fingerprint density at radius 1 is 1.28 bits per heavy atom. The van der Waals surface area contributed by atoms with Crippen molar-refractivity contribution in [3.63, 3.8) is 0 Å². The number of aromatic nitrogens is 2. The third-order valence-electron chi connectivity index (χ3n) is 2.37. The maximum Gasteiger partial charge on any atom is 0.418 e. The lowest BCUT2D eigenvalue weighted by Crippen LogP contribution is -2.12. The van der Waals surface area contributed by atoms with Crippen molar-refractivity contribution in [2.24, 2.45) is 0 Å². The van der Waals surface area contributed by atoms with Crippen LogP contribution in [0.1, 0.15) is 11.4 Å². The van der Waals surface area contributed by atoms with Gasteiger partial charge in [0.05, 0.1) is 17.6 Å². The van der Waals surface area contributed by atoms with Gasteiger partial charge in [-0.05, 0) is 19.2 Å². The molecule has 18 heavy (non-hydrogen) atoms. The van der Waals surface area contributed by atoms with Crippen molar-refractivity contribution in [1.82, 2.24) is 15.3 Å². The molecule has 0 aliphatic rings. The number of halogens is 4. The number of alkyl halides is 3. The molecule has 1 N–H and O–H groups in total. The molecule has 3 nitrogen and oxygen atoms in total. The molecule has 0 fully saturated rings. The van der Waals surface area contributed by atoms with Gasteiger partial charge in [-0.1, -0.05) is 17.7 Å². The fourth-order valence-corrected chi connectivity index (χ4v) is 1.87. The number of hydrogen-bond acceptors (Lipinski definition) is 3. The van der Waals surface area contributed by atoms with Crippen LogP contribution in [0.5, 0.6) is 0 Å². The molecule has 0 aliphatic heterocycles. The van der Waals surface area contributed by atoms with Crippen LogP contribution < -0.4 is 5.32 Å². The van der Waals surface area contributed by atoms with Crippen molar-refractivity contribution < 1.29 is 13.2 Å². The van der Waals surface area contributed by atoms with Gasteiger partial charge in [-0.15, -0.1) is 0 Å². The number of hydrogen-bond donors (Lipinski definition) is 1. The largest absolute Gasteiger partial charge is 0.418 e. The molecule has 0 bridgehead atoms. The number of rotatable bonds is 2. The van der Waals surface area contributed by atoms with E-state index in [0.29, 0.717) is 0 Å². The van der Waals surface area contributed by atoms with Gasteiger partial charge < -0.3 is 5.32 Å². The number of fused-ring (bicyclic) bond motifs is 1. The van der Waals surface area contributed by atoms with Crippen LogP contribution in [0.3, 0.4) is 0 Å². The van der Waals surface area contributed by atoms with Crippen LogP contribution >= 0.6 is 11.6 Å². The lowest BCUT2D eigenvalue weighted by molar-refractivity contribution is -0.136. The molecular weight excluding hydrogens is 267 g/mol. The lowest BCUT2D eigenvalue weighted by Gasteiger charge is -2.11. The first-order valence-corrected chi connectivity index (χ1v) is 5.48. The Labute approximate surface area is 106 Å². The standard InChI is InChI=1S/C11H9ClF3N3/c1-16-5-8-17-9-6(10(12)18-8)3-2-4-7(9)11(13,14)15/h2-4,16H,5H2,1H3. The molecule has 2 aromatic rings. The Morgan fingerprint density at radius 2 is 2.00 bits per heavy atom. The summed E-state index contributed by atoms with van der Waals surface area (Å²) < 4.78 is 38.5. The summed E-state index contributed by atoms with van der Waals surface area (Å²) in [6.45, 7) is 0.252. The summed E-state index contributed by atoms with van der Waals surface area (Å²) in [6.07, 6.45) is -4.46. The Bertz CT molecular complexity index is 583. The average Bonchev–Trinajstić information content (AvgIpc) is 2.27. The molecule has 7 heteroatoms. The van der Waals surface area contributed by atoms with Gasteiger partial charge in [0.15, 0.2) is 0 Å². The molecule has 1 heterocycles. The second-order valence-electron chi connectivity index (χ2n) is 3.66. The van der Waals surface area contributed by atoms with Crippen molar-refractivity contribution >= 4 is 22.5 Å². The normalized spacial score (nSPS) is 12.1. The SMILES string of the molecule is CNCc1nc(Cl)c2cccc(C(F)(F)F)c2n1. The van der Waals surface area contributed by atoms with Gasteiger partial charge in [0.2, 0.25) is 0 Å². The van der Waals surface area contributed by atoms with Crippen LogP contribution in [-0.2, 0) is 12.7 Å². The highest BCUT2D eigenvalue weighted by atomic mass is 35.5. The minimum atomic E-state index is -4.46. The Hall–Kier alpha value is -1.40. The van der Waals surface area contributed by atoms with Crippen LogP contribution in [0, 0.1) is 0 Å². The minimum Gasteiger partial charge on any atom is -0.313 e. The van der Waals surface area contributed by atoms with E-state index in [9.17, 15) is 13.2 Å². The van der Waals surface area contributed by atoms with Crippen molar-refractivity contribution in [1.29, 1.82) is 0 Å². The summed E-state index contributed by atoms with van der Waals surface area (Å²) in [7, 11) is 1.65. The first-order chi connectivity index (χ1) is 8.43. The van der Waals surface area contributed by atoms with Crippen molar-refractivity contribution in [3.8, 4) is 0 Å². The molecule has 0 radical (unpaired) electrons. The van der Waals surface area contributed by atoms with Gasteiger partial charge in [0.1, 0.15) is 11.0 Å². The highest BCUT2D eigenvalue weighted by Crippen LogP contribution is 2.35. The smallest absolute Gasteiger partial charge is 0.313 e. The van der Waals surface area contributed by atoms with Crippen molar-refractivity contribution in [2.45, 2.75) is 12.7 Å². The Morgan fingerprint density at radius 3 is 2.61 bits per heavy atom.